The van der Waals surface area contributed by atoms with Gasteiger partial charge in [0.2, 0.25) is 5.91 Å². The fourth-order valence-electron chi connectivity index (χ4n) is 2.83. The number of methoxy groups -OCH3 is 3. The van der Waals surface area contributed by atoms with Gasteiger partial charge in [0.1, 0.15) is 23.8 Å². The summed E-state index contributed by atoms with van der Waals surface area (Å²) in [6, 6.07) is 10.7. The van der Waals surface area contributed by atoms with E-state index in [2.05, 4.69) is 0 Å². The fourth-order valence-corrected chi connectivity index (χ4v) is 2.83. The molecule has 7 nitrogen and oxygen atoms in total. The van der Waals surface area contributed by atoms with E-state index in [1.807, 2.05) is 19.1 Å². The largest absolute Gasteiger partial charge is 0.497 e. The van der Waals surface area contributed by atoms with Crippen molar-refractivity contribution in [2.75, 3.05) is 27.9 Å². The molecule has 1 N–H and O–H groups in total. The maximum absolute atomic E-state index is 12.8. The Bertz CT molecular complexity index is 827. The van der Waals surface area contributed by atoms with Crippen molar-refractivity contribution in [2.45, 2.75) is 19.9 Å². The molecular weight excluding hydrogens is 362 g/mol. The van der Waals surface area contributed by atoms with E-state index >= 15 is 0 Å². The van der Waals surface area contributed by atoms with E-state index in [4.69, 9.17) is 14.2 Å². The summed E-state index contributed by atoms with van der Waals surface area (Å²) < 4.78 is 15.8. The predicted molar refractivity (Wildman–Crippen MR) is 104 cm³/mol. The van der Waals surface area contributed by atoms with Crippen molar-refractivity contribution >= 4 is 11.9 Å². The highest BCUT2D eigenvalue weighted by molar-refractivity contribution is 5.83. The lowest BCUT2D eigenvalue weighted by molar-refractivity contribution is -0.144. The smallest absolute Gasteiger partial charge is 0.323 e. The zero-order chi connectivity index (χ0) is 20.7. The number of carboxylic acids is 1. The Balaban J connectivity index is 2.23. The molecule has 0 fully saturated rings. The summed E-state index contributed by atoms with van der Waals surface area (Å²) >= 11 is 0. The molecule has 7 heteroatoms. The van der Waals surface area contributed by atoms with Crippen LogP contribution in [0, 0.1) is 6.92 Å². The van der Waals surface area contributed by atoms with E-state index in [1.165, 1.54) is 19.1 Å². The summed E-state index contributed by atoms with van der Waals surface area (Å²) in [6.45, 7) is 1.64. The van der Waals surface area contributed by atoms with Gasteiger partial charge in [-0.3, -0.25) is 9.59 Å². The van der Waals surface area contributed by atoms with E-state index in [0.717, 1.165) is 11.1 Å². The van der Waals surface area contributed by atoms with Crippen molar-refractivity contribution in [1.29, 1.82) is 0 Å². The van der Waals surface area contributed by atoms with Crippen LogP contribution in [0.3, 0.4) is 0 Å². The van der Waals surface area contributed by atoms with Crippen molar-refractivity contribution in [3.8, 4) is 17.2 Å². The normalized spacial score (nSPS) is 10.3. The molecular formula is C21H25NO6. The third-order valence-electron chi connectivity index (χ3n) is 4.29. The number of rotatable bonds is 9. The van der Waals surface area contributed by atoms with Crippen LogP contribution in [0.15, 0.2) is 36.4 Å². The highest BCUT2D eigenvalue weighted by Crippen LogP contribution is 2.24. The Morgan fingerprint density at radius 3 is 2.11 bits per heavy atom. The van der Waals surface area contributed by atoms with Crippen molar-refractivity contribution in [2.24, 2.45) is 0 Å². The van der Waals surface area contributed by atoms with Gasteiger partial charge >= 0.3 is 5.97 Å². The standard InChI is InChI=1S/C21H25NO6/c1-14-5-6-15(9-19(14)28-4)10-20(23)22(13-21(24)25)12-16-7-17(26-2)11-18(8-16)27-3/h5-9,11H,10,12-13H2,1-4H3,(H,24,25). The molecule has 0 aliphatic carbocycles. The minimum atomic E-state index is -1.08. The number of hydrogen-bond donors (Lipinski definition) is 1. The fraction of sp³-hybridized carbons (Fsp3) is 0.333. The van der Waals surface area contributed by atoms with Crippen LogP contribution in [0.2, 0.25) is 0 Å². The van der Waals surface area contributed by atoms with Crippen LogP contribution >= 0.6 is 0 Å². The Kier molecular flexibility index (Phi) is 7.26. The summed E-state index contributed by atoms with van der Waals surface area (Å²) in [7, 11) is 4.63. The molecule has 150 valence electrons. The lowest BCUT2D eigenvalue weighted by Crippen LogP contribution is -2.36. The van der Waals surface area contributed by atoms with Crippen LogP contribution in [0.25, 0.3) is 0 Å². The zero-order valence-electron chi connectivity index (χ0n) is 16.5. The minimum Gasteiger partial charge on any atom is -0.497 e. The summed E-state index contributed by atoms with van der Waals surface area (Å²) in [5.74, 6) is 0.452. The number of amides is 1. The third-order valence-corrected chi connectivity index (χ3v) is 4.29. The van der Waals surface area contributed by atoms with Gasteiger partial charge in [0.15, 0.2) is 0 Å². The lowest BCUT2D eigenvalue weighted by atomic mass is 10.1. The van der Waals surface area contributed by atoms with Crippen LogP contribution in [-0.2, 0) is 22.6 Å². The molecule has 2 aromatic rings. The average Bonchev–Trinajstić information content (AvgIpc) is 2.68. The van der Waals surface area contributed by atoms with E-state index < -0.39 is 12.5 Å². The highest BCUT2D eigenvalue weighted by atomic mass is 16.5. The van der Waals surface area contributed by atoms with Crippen molar-refractivity contribution < 1.29 is 28.9 Å². The predicted octanol–water partition coefficient (Wildman–Crippen LogP) is 2.68. The van der Waals surface area contributed by atoms with Crippen LogP contribution in [0.1, 0.15) is 16.7 Å². The first kappa shape index (κ1) is 21.1. The number of hydrogen-bond acceptors (Lipinski definition) is 5. The number of carbonyl (C=O) groups is 2. The maximum atomic E-state index is 12.8. The lowest BCUT2D eigenvalue weighted by Gasteiger charge is -2.22. The second-order valence-electron chi connectivity index (χ2n) is 6.35. The molecule has 0 bridgehead atoms. The van der Waals surface area contributed by atoms with Crippen LogP contribution in [0.5, 0.6) is 17.2 Å². The molecule has 0 aliphatic rings. The molecule has 0 aromatic heterocycles. The quantitative estimate of drug-likeness (QED) is 0.712. The minimum absolute atomic E-state index is 0.0744. The van der Waals surface area contributed by atoms with E-state index in [-0.39, 0.29) is 18.9 Å². The summed E-state index contributed by atoms with van der Waals surface area (Å²) in [4.78, 5) is 25.4. The van der Waals surface area contributed by atoms with Crippen molar-refractivity contribution in [3.05, 3.63) is 53.1 Å². The topological polar surface area (TPSA) is 85.3 Å². The van der Waals surface area contributed by atoms with E-state index in [9.17, 15) is 14.7 Å². The Morgan fingerprint density at radius 1 is 0.929 bits per heavy atom. The molecule has 0 saturated carbocycles. The number of ether oxygens (including phenoxy) is 3. The molecule has 0 unspecified atom stereocenters. The third kappa shape index (κ3) is 5.64. The number of carboxylic acid groups (broad SMARTS) is 1. The maximum Gasteiger partial charge on any atom is 0.323 e. The van der Waals surface area contributed by atoms with Gasteiger partial charge in [-0.1, -0.05) is 12.1 Å². The molecule has 1 amide bonds. The summed E-state index contributed by atoms with van der Waals surface area (Å²) in [5.41, 5.74) is 2.43. The number of nitrogens with zero attached hydrogens (tertiary/aromatic N) is 1. The van der Waals surface area contributed by atoms with Crippen molar-refractivity contribution in [1.82, 2.24) is 4.90 Å². The van der Waals surface area contributed by atoms with Gasteiger partial charge in [0.25, 0.3) is 0 Å². The zero-order valence-corrected chi connectivity index (χ0v) is 16.5. The number of aliphatic carboxylic acids is 1. The molecule has 28 heavy (non-hydrogen) atoms. The SMILES string of the molecule is COc1cc(CN(CC(=O)O)C(=O)Cc2ccc(C)c(OC)c2)cc(OC)c1. The number of benzene rings is 2. The van der Waals surface area contributed by atoms with Gasteiger partial charge in [-0.2, -0.15) is 0 Å². The van der Waals surface area contributed by atoms with Crippen LogP contribution in [-0.4, -0.2) is 49.8 Å². The van der Waals surface area contributed by atoms with Gasteiger partial charge in [0, 0.05) is 12.6 Å². The monoisotopic (exact) mass is 387 g/mol. The number of carbonyl (C=O) groups excluding carboxylic acids is 1. The molecule has 0 spiro atoms. The Labute approximate surface area is 164 Å². The van der Waals surface area contributed by atoms with Crippen molar-refractivity contribution in [3.63, 3.8) is 0 Å². The van der Waals surface area contributed by atoms with Gasteiger partial charge < -0.3 is 24.2 Å². The van der Waals surface area contributed by atoms with Gasteiger partial charge in [0.05, 0.1) is 27.8 Å². The van der Waals surface area contributed by atoms with Crippen LogP contribution < -0.4 is 14.2 Å². The first-order valence-electron chi connectivity index (χ1n) is 8.71. The van der Waals surface area contributed by atoms with E-state index in [0.29, 0.717) is 22.8 Å². The average molecular weight is 387 g/mol. The molecule has 2 aromatic carbocycles. The Hall–Kier alpha value is -3.22. The summed E-state index contributed by atoms with van der Waals surface area (Å²) in [6.07, 6.45) is 0.0744. The molecule has 0 aliphatic heterocycles. The van der Waals surface area contributed by atoms with Gasteiger partial charge in [-0.25, -0.2) is 0 Å². The second-order valence-corrected chi connectivity index (χ2v) is 6.35. The molecule has 0 saturated heterocycles. The molecule has 0 atom stereocenters. The van der Waals surface area contributed by atoms with Gasteiger partial charge in [-0.15, -0.1) is 0 Å². The van der Waals surface area contributed by atoms with E-state index in [1.54, 1.807) is 31.4 Å². The molecule has 0 radical (unpaired) electrons. The molecule has 2 rings (SSSR count). The summed E-state index contributed by atoms with van der Waals surface area (Å²) in [5, 5.41) is 9.23. The van der Waals surface area contributed by atoms with Crippen LogP contribution in [0.4, 0.5) is 0 Å². The Morgan fingerprint density at radius 2 is 1.57 bits per heavy atom. The molecule has 0 heterocycles. The number of aryl methyl sites for hydroxylation is 1. The highest BCUT2D eigenvalue weighted by Gasteiger charge is 2.19. The first-order chi connectivity index (χ1) is 13.4. The first-order valence-corrected chi connectivity index (χ1v) is 8.71. The second kappa shape index (κ2) is 9.64. The van der Waals surface area contributed by atoms with Gasteiger partial charge in [-0.05, 0) is 41.8 Å².